The van der Waals surface area contributed by atoms with E-state index in [9.17, 15) is 4.79 Å². The molecule has 0 unspecified atom stereocenters. The maximum Gasteiger partial charge on any atom is 0.231 e. The Morgan fingerprint density at radius 1 is 1.39 bits per heavy atom. The number of methoxy groups -OCH3 is 1. The fourth-order valence-electron chi connectivity index (χ4n) is 1.92. The van der Waals surface area contributed by atoms with E-state index in [1.165, 1.54) is 0 Å². The van der Waals surface area contributed by atoms with Crippen LogP contribution in [0.15, 0.2) is 24.3 Å². The number of anilines is 1. The lowest BCUT2D eigenvalue weighted by atomic mass is 9.81. The highest BCUT2D eigenvalue weighted by Gasteiger charge is 2.33. The zero-order valence-electron chi connectivity index (χ0n) is 11.3. The SMILES string of the molecule is CCC(CC)(CN)C(=O)Nc1cccc(OC)c1. The van der Waals surface area contributed by atoms with Crippen LogP contribution >= 0.6 is 0 Å². The molecule has 0 aliphatic rings. The standard InChI is InChI=1S/C14H22N2O2/c1-4-14(5-2,10-15)13(17)16-11-7-6-8-12(9-11)18-3/h6-9H,4-5,10,15H2,1-3H3,(H,16,17). The highest BCUT2D eigenvalue weighted by molar-refractivity contribution is 5.95. The molecule has 1 aromatic carbocycles. The molecule has 4 heteroatoms. The average Bonchev–Trinajstić information content (AvgIpc) is 2.41. The third kappa shape index (κ3) is 3.01. The monoisotopic (exact) mass is 250 g/mol. The van der Waals surface area contributed by atoms with Crippen molar-refractivity contribution in [2.24, 2.45) is 11.1 Å². The van der Waals surface area contributed by atoms with Crippen LogP contribution in [0.25, 0.3) is 0 Å². The summed E-state index contributed by atoms with van der Waals surface area (Å²) in [5.41, 5.74) is 6.01. The molecule has 18 heavy (non-hydrogen) atoms. The van der Waals surface area contributed by atoms with E-state index in [1.54, 1.807) is 13.2 Å². The smallest absolute Gasteiger partial charge is 0.231 e. The molecular weight excluding hydrogens is 228 g/mol. The number of amides is 1. The van der Waals surface area contributed by atoms with E-state index in [0.717, 1.165) is 24.3 Å². The van der Waals surface area contributed by atoms with E-state index >= 15 is 0 Å². The number of carbonyl (C=O) groups is 1. The van der Waals surface area contributed by atoms with Gasteiger partial charge < -0.3 is 15.8 Å². The minimum absolute atomic E-state index is 0.0248. The van der Waals surface area contributed by atoms with Gasteiger partial charge >= 0.3 is 0 Å². The molecule has 1 amide bonds. The van der Waals surface area contributed by atoms with Crippen molar-refractivity contribution in [2.45, 2.75) is 26.7 Å². The van der Waals surface area contributed by atoms with Gasteiger partial charge in [0.05, 0.1) is 12.5 Å². The van der Waals surface area contributed by atoms with Gasteiger partial charge in [-0.25, -0.2) is 0 Å². The van der Waals surface area contributed by atoms with Crippen LogP contribution < -0.4 is 15.8 Å². The molecule has 0 saturated carbocycles. The van der Waals surface area contributed by atoms with E-state index in [2.05, 4.69) is 5.32 Å². The molecule has 0 radical (unpaired) electrons. The Kier molecular flexibility index (Phi) is 5.16. The van der Waals surface area contributed by atoms with E-state index < -0.39 is 5.41 Å². The van der Waals surface area contributed by atoms with E-state index in [1.807, 2.05) is 32.0 Å². The van der Waals surface area contributed by atoms with Crippen molar-refractivity contribution in [3.8, 4) is 5.75 Å². The first kappa shape index (κ1) is 14.5. The number of rotatable bonds is 6. The van der Waals surface area contributed by atoms with Crippen molar-refractivity contribution in [2.75, 3.05) is 19.0 Å². The molecule has 1 aromatic rings. The van der Waals surface area contributed by atoms with Gasteiger partial charge in [-0.2, -0.15) is 0 Å². The number of carbonyl (C=O) groups excluding carboxylic acids is 1. The topological polar surface area (TPSA) is 64.4 Å². The van der Waals surface area contributed by atoms with E-state index in [-0.39, 0.29) is 5.91 Å². The summed E-state index contributed by atoms with van der Waals surface area (Å²) in [6.45, 7) is 4.33. The van der Waals surface area contributed by atoms with Gasteiger partial charge in [-0.3, -0.25) is 4.79 Å². The summed E-state index contributed by atoms with van der Waals surface area (Å²) in [7, 11) is 1.60. The first-order valence-electron chi connectivity index (χ1n) is 6.27. The van der Waals surface area contributed by atoms with Gasteiger partial charge in [0.15, 0.2) is 0 Å². The molecule has 1 rings (SSSR count). The zero-order valence-corrected chi connectivity index (χ0v) is 11.3. The third-order valence-electron chi connectivity index (χ3n) is 3.55. The molecule has 0 aromatic heterocycles. The Hall–Kier alpha value is -1.55. The van der Waals surface area contributed by atoms with Crippen molar-refractivity contribution in [3.63, 3.8) is 0 Å². The van der Waals surface area contributed by atoms with Crippen LogP contribution in [0.5, 0.6) is 5.75 Å². The lowest BCUT2D eigenvalue weighted by Crippen LogP contribution is -2.41. The summed E-state index contributed by atoms with van der Waals surface area (Å²) in [4.78, 5) is 12.3. The molecule has 0 heterocycles. The molecule has 0 bridgehead atoms. The van der Waals surface area contributed by atoms with Crippen molar-refractivity contribution in [3.05, 3.63) is 24.3 Å². The highest BCUT2D eigenvalue weighted by atomic mass is 16.5. The molecule has 0 saturated heterocycles. The van der Waals surface area contributed by atoms with Crippen molar-refractivity contribution in [1.82, 2.24) is 0 Å². The summed E-state index contributed by atoms with van der Waals surface area (Å²) < 4.78 is 5.13. The minimum atomic E-state index is -0.483. The number of ether oxygens (including phenoxy) is 1. The molecule has 0 aliphatic heterocycles. The highest BCUT2D eigenvalue weighted by Crippen LogP contribution is 2.27. The van der Waals surface area contributed by atoms with Gasteiger partial charge in [0.25, 0.3) is 0 Å². The molecular formula is C14H22N2O2. The Morgan fingerprint density at radius 3 is 2.56 bits per heavy atom. The van der Waals surface area contributed by atoms with Gasteiger partial charge in [-0.15, -0.1) is 0 Å². The van der Waals surface area contributed by atoms with Crippen LogP contribution in [0.2, 0.25) is 0 Å². The summed E-state index contributed by atoms with van der Waals surface area (Å²) in [6.07, 6.45) is 1.46. The number of nitrogens with one attached hydrogen (secondary N) is 1. The Morgan fingerprint density at radius 2 is 2.06 bits per heavy atom. The third-order valence-corrected chi connectivity index (χ3v) is 3.55. The van der Waals surface area contributed by atoms with E-state index in [4.69, 9.17) is 10.5 Å². The molecule has 0 spiro atoms. The average molecular weight is 250 g/mol. The molecule has 0 atom stereocenters. The molecule has 3 N–H and O–H groups in total. The summed E-state index contributed by atoms with van der Waals surface area (Å²) in [5, 5.41) is 2.91. The van der Waals surface area contributed by atoms with Gasteiger partial charge in [0.2, 0.25) is 5.91 Å². The van der Waals surface area contributed by atoms with Gasteiger partial charge in [-0.1, -0.05) is 19.9 Å². The van der Waals surface area contributed by atoms with Crippen LogP contribution in [-0.2, 0) is 4.79 Å². The van der Waals surface area contributed by atoms with Crippen LogP contribution in [0.1, 0.15) is 26.7 Å². The van der Waals surface area contributed by atoms with Crippen molar-refractivity contribution in [1.29, 1.82) is 0 Å². The van der Waals surface area contributed by atoms with Crippen LogP contribution in [-0.4, -0.2) is 19.6 Å². The fraction of sp³-hybridized carbons (Fsp3) is 0.500. The number of nitrogens with two attached hydrogens (primary N) is 1. The van der Waals surface area contributed by atoms with Gasteiger partial charge in [0, 0.05) is 18.3 Å². The zero-order chi connectivity index (χ0) is 13.6. The predicted molar refractivity (Wildman–Crippen MR) is 73.7 cm³/mol. The number of hydrogen-bond acceptors (Lipinski definition) is 3. The maximum atomic E-state index is 12.3. The molecule has 100 valence electrons. The van der Waals surface area contributed by atoms with Crippen molar-refractivity contribution < 1.29 is 9.53 Å². The van der Waals surface area contributed by atoms with Crippen LogP contribution in [0.4, 0.5) is 5.69 Å². The molecule has 0 aliphatic carbocycles. The quantitative estimate of drug-likeness (QED) is 0.814. The second-order valence-corrected chi connectivity index (χ2v) is 4.38. The van der Waals surface area contributed by atoms with Gasteiger partial charge in [-0.05, 0) is 25.0 Å². The first-order chi connectivity index (χ1) is 8.61. The first-order valence-corrected chi connectivity index (χ1v) is 6.27. The van der Waals surface area contributed by atoms with Crippen LogP contribution in [0.3, 0.4) is 0 Å². The normalized spacial score (nSPS) is 11.1. The fourth-order valence-corrected chi connectivity index (χ4v) is 1.92. The molecule has 0 fully saturated rings. The summed E-state index contributed by atoms with van der Waals surface area (Å²) in [6, 6.07) is 7.32. The lowest BCUT2D eigenvalue weighted by Gasteiger charge is -2.28. The molecule has 4 nitrogen and oxygen atoms in total. The Labute approximate surface area is 109 Å². The minimum Gasteiger partial charge on any atom is -0.497 e. The van der Waals surface area contributed by atoms with Crippen LogP contribution in [0, 0.1) is 5.41 Å². The van der Waals surface area contributed by atoms with Gasteiger partial charge in [0.1, 0.15) is 5.75 Å². The Bertz CT molecular complexity index is 392. The number of benzene rings is 1. The summed E-state index contributed by atoms with van der Waals surface area (Å²) >= 11 is 0. The lowest BCUT2D eigenvalue weighted by molar-refractivity contribution is -0.125. The maximum absolute atomic E-state index is 12.3. The largest absolute Gasteiger partial charge is 0.497 e. The second-order valence-electron chi connectivity index (χ2n) is 4.38. The predicted octanol–water partition coefficient (Wildman–Crippen LogP) is 2.40. The van der Waals surface area contributed by atoms with Crippen molar-refractivity contribution >= 4 is 11.6 Å². The number of hydrogen-bond donors (Lipinski definition) is 2. The Balaban J connectivity index is 2.85. The van der Waals surface area contributed by atoms with E-state index in [0.29, 0.717) is 6.54 Å². The second kappa shape index (κ2) is 6.40. The summed E-state index contributed by atoms with van der Waals surface area (Å²) in [5.74, 6) is 0.697.